The van der Waals surface area contributed by atoms with Crippen LogP contribution in [0.4, 0.5) is 0 Å². The molecule has 0 aliphatic carbocycles. The first-order valence-corrected chi connectivity index (χ1v) is 5.87. The topological polar surface area (TPSA) is 44.8 Å². The maximum Gasteiger partial charge on any atom is 0.309 e. The van der Waals surface area contributed by atoms with Gasteiger partial charge in [0, 0.05) is 19.6 Å². The van der Waals surface area contributed by atoms with Gasteiger partial charge in [-0.25, -0.2) is 0 Å². The Balaban J connectivity index is 4.38. The predicted octanol–water partition coefficient (Wildman–Crippen LogP) is 2.22. The molecule has 0 aliphatic rings. The van der Waals surface area contributed by atoms with E-state index in [1.807, 2.05) is 27.7 Å². The van der Waals surface area contributed by atoms with Gasteiger partial charge in [-0.2, -0.15) is 0 Å². The van der Waals surface area contributed by atoms with E-state index in [0.29, 0.717) is 19.6 Å². The fourth-order valence-corrected chi connectivity index (χ4v) is 1.56. The van der Waals surface area contributed by atoms with Gasteiger partial charge in [0.1, 0.15) is 0 Å². The van der Waals surface area contributed by atoms with Crippen molar-refractivity contribution in [1.82, 2.24) is 0 Å². The molecule has 0 spiro atoms. The number of esters is 1. The van der Waals surface area contributed by atoms with Crippen molar-refractivity contribution in [1.29, 1.82) is 0 Å². The van der Waals surface area contributed by atoms with Crippen LogP contribution in [-0.2, 0) is 19.0 Å². The quantitative estimate of drug-likeness (QED) is 0.475. The molecular formula is C12H24O4. The summed E-state index contributed by atoms with van der Waals surface area (Å²) in [6.45, 7) is 8.98. The zero-order chi connectivity index (χ0) is 12.6. The van der Waals surface area contributed by atoms with E-state index in [9.17, 15) is 4.79 Å². The highest BCUT2D eigenvalue weighted by molar-refractivity contribution is 5.72. The van der Waals surface area contributed by atoms with Gasteiger partial charge in [-0.3, -0.25) is 4.79 Å². The van der Waals surface area contributed by atoms with Crippen LogP contribution in [-0.4, -0.2) is 32.6 Å². The average Bonchev–Trinajstić information content (AvgIpc) is 2.24. The number of rotatable bonds is 8. The fraction of sp³-hybridized carbons (Fsp3) is 0.917. The summed E-state index contributed by atoms with van der Waals surface area (Å²) in [5.41, 5.74) is 0. The van der Waals surface area contributed by atoms with Crippen molar-refractivity contribution in [3.63, 3.8) is 0 Å². The minimum atomic E-state index is -0.318. The lowest BCUT2D eigenvalue weighted by atomic mass is 9.92. The summed E-state index contributed by atoms with van der Waals surface area (Å²) in [6, 6.07) is 0. The predicted molar refractivity (Wildman–Crippen MR) is 62.0 cm³/mol. The van der Waals surface area contributed by atoms with E-state index in [1.54, 1.807) is 0 Å². The van der Waals surface area contributed by atoms with Crippen LogP contribution < -0.4 is 0 Å². The number of hydrogen-bond donors (Lipinski definition) is 0. The molecule has 0 radical (unpaired) electrons. The van der Waals surface area contributed by atoms with Crippen LogP contribution in [0.3, 0.4) is 0 Å². The standard InChI is InChI=1S/C12H24O4/c1-6-15-11(16-7-2)8-10(9(3)4)12(13)14-5/h9-11H,6-8H2,1-5H3. The van der Waals surface area contributed by atoms with Crippen LogP contribution in [0.1, 0.15) is 34.1 Å². The van der Waals surface area contributed by atoms with Crippen LogP contribution in [0.2, 0.25) is 0 Å². The van der Waals surface area contributed by atoms with E-state index in [2.05, 4.69) is 0 Å². The van der Waals surface area contributed by atoms with E-state index in [0.717, 1.165) is 0 Å². The number of methoxy groups -OCH3 is 1. The monoisotopic (exact) mass is 232 g/mol. The summed E-state index contributed by atoms with van der Waals surface area (Å²) in [7, 11) is 1.41. The highest BCUT2D eigenvalue weighted by atomic mass is 16.7. The first-order valence-electron chi connectivity index (χ1n) is 5.87. The molecule has 0 N–H and O–H groups in total. The van der Waals surface area contributed by atoms with Gasteiger partial charge in [0.25, 0.3) is 0 Å². The van der Waals surface area contributed by atoms with Crippen molar-refractivity contribution >= 4 is 5.97 Å². The first-order chi connectivity index (χ1) is 7.56. The van der Waals surface area contributed by atoms with Crippen molar-refractivity contribution < 1.29 is 19.0 Å². The highest BCUT2D eigenvalue weighted by Crippen LogP contribution is 2.20. The van der Waals surface area contributed by atoms with Crippen LogP contribution in [0.5, 0.6) is 0 Å². The van der Waals surface area contributed by atoms with Crippen molar-refractivity contribution in [2.75, 3.05) is 20.3 Å². The van der Waals surface area contributed by atoms with E-state index in [1.165, 1.54) is 7.11 Å². The molecule has 0 heterocycles. The lowest BCUT2D eigenvalue weighted by Crippen LogP contribution is -2.29. The molecule has 16 heavy (non-hydrogen) atoms. The Kier molecular flexibility index (Phi) is 8.21. The van der Waals surface area contributed by atoms with Crippen LogP contribution >= 0.6 is 0 Å². The molecule has 1 atom stereocenters. The third-order valence-electron chi connectivity index (χ3n) is 2.46. The Morgan fingerprint density at radius 1 is 1.12 bits per heavy atom. The van der Waals surface area contributed by atoms with Crippen molar-refractivity contribution in [2.45, 2.75) is 40.4 Å². The third-order valence-corrected chi connectivity index (χ3v) is 2.46. The lowest BCUT2D eigenvalue weighted by Gasteiger charge is -2.24. The van der Waals surface area contributed by atoms with Gasteiger partial charge < -0.3 is 14.2 Å². The van der Waals surface area contributed by atoms with E-state index in [4.69, 9.17) is 14.2 Å². The summed E-state index contributed by atoms with van der Waals surface area (Å²) >= 11 is 0. The Morgan fingerprint density at radius 3 is 1.94 bits per heavy atom. The molecule has 1 unspecified atom stereocenters. The SMILES string of the molecule is CCOC(CC(C(=O)OC)C(C)C)OCC. The maximum atomic E-state index is 11.6. The maximum absolute atomic E-state index is 11.6. The smallest absolute Gasteiger partial charge is 0.309 e. The second-order valence-corrected chi connectivity index (χ2v) is 3.95. The molecular weight excluding hydrogens is 208 g/mol. The van der Waals surface area contributed by atoms with Crippen molar-refractivity contribution in [3.05, 3.63) is 0 Å². The van der Waals surface area contributed by atoms with Crippen LogP contribution in [0.25, 0.3) is 0 Å². The molecule has 4 nitrogen and oxygen atoms in total. The van der Waals surface area contributed by atoms with Gasteiger partial charge in [-0.15, -0.1) is 0 Å². The summed E-state index contributed by atoms with van der Waals surface area (Å²) in [4.78, 5) is 11.6. The van der Waals surface area contributed by atoms with E-state index in [-0.39, 0.29) is 24.1 Å². The van der Waals surface area contributed by atoms with Crippen LogP contribution in [0, 0.1) is 11.8 Å². The number of carbonyl (C=O) groups is 1. The Labute approximate surface area is 98.3 Å². The van der Waals surface area contributed by atoms with Gasteiger partial charge in [0.15, 0.2) is 6.29 Å². The average molecular weight is 232 g/mol. The highest BCUT2D eigenvalue weighted by Gasteiger charge is 2.27. The molecule has 0 saturated heterocycles. The second kappa shape index (κ2) is 8.53. The Hall–Kier alpha value is -0.610. The molecule has 0 rings (SSSR count). The van der Waals surface area contributed by atoms with Crippen LogP contribution in [0.15, 0.2) is 0 Å². The van der Waals surface area contributed by atoms with Gasteiger partial charge in [-0.05, 0) is 19.8 Å². The number of hydrogen-bond acceptors (Lipinski definition) is 4. The Morgan fingerprint density at radius 2 is 1.62 bits per heavy atom. The van der Waals surface area contributed by atoms with E-state index >= 15 is 0 Å². The molecule has 0 fully saturated rings. The molecule has 0 aromatic heterocycles. The molecule has 96 valence electrons. The largest absolute Gasteiger partial charge is 0.469 e. The lowest BCUT2D eigenvalue weighted by molar-refractivity contribution is -0.165. The molecule has 0 amide bonds. The molecule has 0 aliphatic heterocycles. The van der Waals surface area contributed by atoms with Gasteiger partial charge in [0.2, 0.25) is 0 Å². The second-order valence-electron chi connectivity index (χ2n) is 3.95. The first kappa shape index (κ1) is 15.4. The van der Waals surface area contributed by atoms with Gasteiger partial charge in [-0.1, -0.05) is 13.8 Å². The third kappa shape index (κ3) is 5.47. The summed E-state index contributed by atoms with van der Waals surface area (Å²) in [6.07, 6.45) is 0.230. The number of carbonyl (C=O) groups excluding carboxylic acids is 1. The van der Waals surface area contributed by atoms with E-state index < -0.39 is 0 Å². The summed E-state index contributed by atoms with van der Waals surface area (Å²) < 4.78 is 15.6. The minimum Gasteiger partial charge on any atom is -0.469 e. The molecule has 0 aromatic rings. The number of ether oxygens (including phenoxy) is 3. The van der Waals surface area contributed by atoms with Gasteiger partial charge >= 0.3 is 5.97 Å². The zero-order valence-electron chi connectivity index (χ0n) is 11.0. The van der Waals surface area contributed by atoms with Gasteiger partial charge in [0.05, 0.1) is 13.0 Å². The molecule has 0 bridgehead atoms. The van der Waals surface area contributed by atoms with Crippen molar-refractivity contribution in [2.24, 2.45) is 11.8 Å². The molecule has 4 heteroatoms. The fourth-order valence-electron chi connectivity index (χ4n) is 1.56. The Bertz CT molecular complexity index is 185. The minimum absolute atomic E-state index is 0.173. The molecule has 0 aromatic carbocycles. The van der Waals surface area contributed by atoms with Crippen molar-refractivity contribution in [3.8, 4) is 0 Å². The zero-order valence-corrected chi connectivity index (χ0v) is 11.0. The summed E-state index contributed by atoms with van der Waals surface area (Å²) in [5.74, 6) is -0.150. The summed E-state index contributed by atoms with van der Waals surface area (Å²) in [5, 5.41) is 0. The normalized spacial score (nSPS) is 13.2. The molecule has 0 saturated carbocycles.